The third-order valence-electron chi connectivity index (χ3n) is 22.8. The Labute approximate surface area is 737 Å². The number of carbonyl (C=O) groups excluding carboxylic acids is 11. The number of aryl methyl sites for hydroxylation is 4. The molecular formula is C94H112N12O21. The summed E-state index contributed by atoms with van der Waals surface area (Å²) in [5.74, 6) is -0.241. The highest BCUT2D eigenvalue weighted by atomic mass is 16.7. The number of carbonyl (C=O) groups is 9. The Bertz CT molecular complexity index is 5260. The van der Waals surface area contributed by atoms with Gasteiger partial charge in [0.25, 0.3) is 17.7 Å². The molecule has 7 amide bonds. The van der Waals surface area contributed by atoms with E-state index in [-0.39, 0.29) is 139 Å². The van der Waals surface area contributed by atoms with E-state index in [9.17, 15) is 43.2 Å². The minimum Gasteiger partial charge on any atom is -0.493 e. The number of hydrogen-bond donors (Lipinski definition) is 4. The number of ether oxygens (including phenoxy) is 10. The number of anilines is 4. The summed E-state index contributed by atoms with van der Waals surface area (Å²) in [7, 11) is 10.3. The summed E-state index contributed by atoms with van der Waals surface area (Å²) in [5, 5.41) is 8.57. The molecule has 6 aliphatic heterocycles. The van der Waals surface area contributed by atoms with E-state index in [2.05, 4.69) is 29.1 Å². The summed E-state index contributed by atoms with van der Waals surface area (Å²) in [6.07, 6.45) is 19.2. The predicted octanol–water partition coefficient (Wildman–Crippen LogP) is 12.6. The maximum absolute atomic E-state index is 14.3. The normalized spacial score (nSPS) is 18.2. The maximum atomic E-state index is 14.3. The fraction of sp³-hybridized carbons (Fsp3) is 0.426. The van der Waals surface area contributed by atoms with Gasteiger partial charge in [-0.1, -0.05) is 73.8 Å². The second-order valence-corrected chi connectivity index (χ2v) is 31.7. The molecule has 33 nitrogen and oxygen atoms in total. The molecule has 33 heteroatoms. The molecule has 10 heterocycles. The second kappa shape index (κ2) is 44.8. The van der Waals surface area contributed by atoms with E-state index in [1.54, 1.807) is 86.4 Å². The summed E-state index contributed by atoms with van der Waals surface area (Å²) in [6.45, 7) is 10.4. The average Bonchev–Trinajstić information content (AvgIpc) is 1.61. The van der Waals surface area contributed by atoms with Gasteiger partial charge in [0.2, 0.25) is 11.8 Å². The predicted molar refractivity (Wildman–Crippen MR) is 470 cm³/mol. The van der Waals surface area contributed by atoms with Crippen LogP contribution in [0.4, 0.5) is 32.3 Å². The number of nitrogens with two attached hydrogens (primary N) is 1. The lowest BCUT2D eigenvalue weighted by atomic mass is 10.00. The van der Waals surface area contributed by atoms with Crippen LogP contribution >= 0.6 is 0 Å². The number of nitrogens with zero attached hydrogens (tertiary/aromatic N) is 8. The van der Waals surface area contributed by atoms with Crippen molar-refractivity contribution in [2.45, 2.75) is 153 Å². The monoisotopic (exact) mass is 1740 g/mol. The van der Waals surface area contributed by atoms with Gasteiger partial charge in [0, 0.05) is 142 Å². The Balaban J connectivity index is 0.000000225. The van der Waals surface area contributed by atoms with Crippen molar-refractivity contribution in [2.24, 2.45) is 33.9 Å². The third kappa shape index (κ3) is 23.4. The number of piperidine rings is 2. The van der Waals surface area contributed by atoms with Crippen molar-refractivity contribution >= 4 is 82.2 Å². The van der Waals surface area contributed by atoms with Crippen molar-refractivity contribution in [3.8, 4) is 45.3 Å². The average molecular weight is 1750 g/mol. The van der Waals surface area contributed by atoms with Crippen LogP contribution in [0.1, 0.15) is 166 Å². The maximum Gasteiger partial charge on any atom is 0.416 e. The number of benzene rings is 4. The number of amides is 7. The first-order valence-electron chi connectivity index (χ1n) is 43.0. The summed E-state index contributed by atoms with van der Waals surface area (Å²) < 4.78 is 67.2. The largest absolute Gasteiger partial charge is 0.493 e. The number of ketones is 2. The van der Waals surface area contributed by atoms with E-state index in [1.165, 1.54) is 36.2 Å². The van der Waals surface area contributed by atoms with E-state index < -0.39 is 49.3 Å². The molecule has 4 saturated heterocycles. The van der Waals surface area contributed by atoms with Crippen molar-refractivity contribution in [3.63, 3.8) is 0 Å². The van der Waals surface area contributed by atoms with E-state index >= 15 is 0 Å². The van der Waals surface area contributed by atoms with E-state index in [0.29, 0.717) is 112 Å². The smallest absolute Gasteiger partial charge is 0.416 e. The lowest BCUT2D eigenvalue weighted by Crippen LogP contribution is -2.57. The van der Waals surface area contributed by atoms with Crippen LogP contribution in [0.25, 0.3) is 22.3 Å². The number of nitrogens with one attached hydrogen (secondary N) is 3. The number of methoxy groups -OCH3 is 2. The zero-order chi connectivity index (χ0) is 90.2. The fourth-order valence-electron chi connectivity index (χ4n) is 16.6. The van der Waals surface area contributed by atoms with Crippen molar-refractivity contribution < 1.29 is 100 Å². The highest BCUT2D eigenvalue weighted by Crippen LogP contribution is 2.45. The molecule has 4 aromatic carbocycles. The fourth-order valence-corrected chi connectivity index (χ4v) is 16.6. The second-order valence-electron chi connectivity index (χ2n) is 31.7. The van der Waals surface area contributed by atoms with Gasteiger partial charge in [0.1, 0.15) is 18.9 Å². The van der Waals surface area contributed by atoms with Crippen molar-refractivity contribution in [3.05, 3.63) is 193 Å². The number of fused-ring (bicyclic) bond motifs is 4. The van der Waals surface area contributed by atoms with Gasteiger partial charge in [-0.2, -0.15) is 9.59 Å². The number of Topliss-reactive ketones (excluding diaryl/α,β-unsaturated/α-hetero) is 2. The Hall–Kier alpha value is -12.9. The Morgan fingerprint density at radius 2 is 0.961 bits per heavy atom. The molecule has 5 N–H and O–H groups in total. The van der Waals surface area contributed by atoms with Gasteiger partial charge in [-0.3, -0.25) is 33.6 Å². The first-order valence-corrected chi connectivity index (χ1v) is 43.0. The molecule has 0 saturated carbocycles. The third-order valence-corrected chi connectivity index (χ3v) is 22.8. The van der Waals surface area contributed by atoms with Gasteiger partial charge >= 0.3 is 18.3 Å². The molecular weight excluding hydrogens is 1630 g/mol. The summed E-state index contributed by atoms with van der Waals surface area (Å²) in [5.41, 5.74) is 14.7. The molecule has 6 aliphatic rings. The highest BCUT2D eigenvalue weighted by Gasteiger charge is 2.49. The molecule has 6 atom stereocenters. The molecule has 14 rings (SSSR count). The minimum atomic E-state index is -0.898. The van der Waals surface area contributed by atoms with E-state index in [4.69, 9.17) is 62.7 Å². The Kier molecular flexibility index (Phi) is 32.9. The SMILES string of the molecule is C=CCOC(=O)N1c2cc(OCCCC(=O)Nc3cc(C(=O)Cc4ccc(-c5cc(C(=O)NCCN)n(C)c5)cc4)n(C)c3)c(OC)cc2C(=O)N2CCCC[C@H]2C1OC1CCCCO1.C=CCOC(=O)N1c2cc(OCCCC(=O)Nc3cc(C(=O)Cc4ccc(-c5ccn(C)c5)cc4)n(C)c3)c(OC)cc2C(=O)N2CCCC[C@H]2C1OC1CCCCO1.O=C=O. The summed E-state index contributed by atoms with van der Waals surface area (Å²) in [6, 6.07) is 28.3. The van der Waals surface area contributed by atoms with E-state index in [0.717, 1.165) is 84.7 Å². The first kappa shape index (κ1) is 93.3. The summed E-state index contributed by atoms with van der Waals surface area (Å²) in [4.78, 5) is 144. The van der Waals surface area contributed by atoms with Crippen LogP contribution in [0.2, 0.25) is 0 Å². The van der Waals surface area contributed by atoms with Gasteiger partial charge in [0.15, 0.2) is 59.6 Å². The Morgan fingerprint density at radius 3 is 1.37 bits per heavy atom. The number of rotatable bonds is 33. The molecule has 8 aromatic rings. The lowest BCUT2D eigenvalue weighted by molar-refractivity contribution is -0.199. The molecule has 0 aliphatic carbocycles. The van der Waals surface area contributed by atoms with Gasteiger partial charge in [0.05, 0.1) is 84.8 Å². The van der Waals surface area contributed by atoms with Crippen molar-refractivity contribution in [1.29, 1.82) is 0 Å². The van der Waals surface area contributed by atoms with Crippen LogP contribution in [-0.2, 0) is 88.6 Å². The topological polar surface area (TPSA) is 375 Å². The van der Waals surface area contributed by atoms with Crippen LogP contribution < -0.4 is 50.4 Å². The molecule has 4 fully saturated rings. The first-order chi connectivity index (χ1) is 61.5. The van der Waals surface area contributed by atoms with Gasteiger partial charge < -0.3 is 97.1 Å². The Morgan fingerprint density at radius 1 is 0.520 bits per heavy atom. The minimum absolute atomic E-state index is 0.0359. The highest BCUT2D eigenvalue weighted by molar-refractivity contribution is 6.08. The lowest BCUT2D eigenvalue weighted by Gasteiger charge is -2.42. The zero-order valence-electron chi connectivity index (χ0n) is 72.7. The van der Waals surface area contributed by atoms with Crippen LogP contribution in [0.5, 0.6) is 23.0 Å². The molecule has 674 valence electrons. The quantitative estimate of drug-likeness (QED) is 0.0169. The summed E-state index contributed by atoms with van der Waals surface area (Å²) >= 11 is 0. The molecule has 0 bridgehead atoms. The molecule has 4 aromatic heterocycles. The zero-order valence-corrected chi connectivity index (χ0v) is 72.7. The standard InChI is InChI=1S/C48H59N7O10.C45H53N5O9.CO2/c1-5-21-64-48(60)55-37-28-42(41(61-4)27-35(37)46(59)54-20-8-6-11-36(54)47(55)65-44-13-7-9-22-63-44)62-23-10-12-43(57)51-34-26-38(53(3)30-34)40(56)24-31-14-16-32(17-15-31)33-25-39(52(2)29-33)45(58)50-19-18-49;1-5-21-58-45(54)50-36-27-40(39(55-4)26-34(36)43(53)49-19-8-6-11-35(49)44(50)59-42-13-7-9-22-57-42)56-23-10-12-41(52)46-33-25-37(48(3)29-33)38(51)24-30-14-16-31(17-15-30)32-18-20-47(2)28-32;2-1-3/h5,14-17,25-30,36,44,47H,1,6-13,18-24,49H2,2-4H3,(H,50,58)(H,51,57);5,14-18,20,25-29,35,42,44H,1,6-13,19,21-24H2,2-4H3,(H,46,52);/t36-,44?,47?;35-,42?,44?;/m00./s1. The van der Waals surface area contributed by atoms with Crippen LogP contribution in [-0.4, -0.2) is 205 Å². The van der Waals surface area contributed by atoms with Crippen LogP contribution in [0.15, 0.2) is 153 Å². The van der Waals surface area contributed by atoms with Gasteiger partial charge in [-0.15, -0.1) is 0 Å². The van der Waals surface area contributed by atoms with Crippen LogP contribution in [0, 0.1) is 0 Å². The van der Waals surface area contributed by atoms with Gasteiger partial charge in [-0.25, -0.2) is 19.4 Å². The molecule has 0 spiro atoms. The van der Waals surface area contributed by atoms with Crippen molar-refractivity contribution in [2.75, 3.05) is 100 Å². The molecule has 0 radical (unpaired) electrons. The van der Waals surface area contributed by atoms with Gasteiger partial charge in [-0.05, 0) is 154 Å². The number of hydrogen-bond acceptors (Lipinski definition) is 22. The number of aromatic nitrogens is 4. The van der Waals surface area contributed by atoms with E-state index in [1.807, 2.05) is 97.9 Å². The van der Waals surface area contributed by atoms with Crippen LogP contribution in [0.3, 0.4) is 0 Å². The van der Waals surface area contributed by atoms with Crippen molar-refractivity contribution in [1.82, 2.24) is 33.4 Å². The molecule has 4 unspecified atom stereocenters. The molecule has 127 heavy (non-hydrogen) atoms.